The standard InChI is InChI=1S/C28H38S3.2ClH.2Zn/c1-5-9-13-21-19-29-27(23(21)15-11-7-3)25-17-18-26(31-25)28-24(16-12-8-4)22(20-30-28)14-10-6-2;;;;/h17-18H,5-16H2,1-4H3;2*1H;;/p-2. The van der Waals surface area contributed by atoms with Crippen molar-refractivity contribution in [2.75, 3.05) is 0 Å². The van der Waals surface area contributed by atoms with Crippen LogP contribution in [0.25, 0.3) is 9.81 Å². The van der Waals surface area contributed by atoms with E-state index in [9.17, 15) is 0 Å². The third-order valence-electron chi connectivity index (χ3n) is 6.00. The summed E-state index contributed by atoms with van der Waals surface area (Å²) in [6, 6.07) is 4.74. The summed E-state index contributed by atoms with van der Waals surface area (Å²) in [5, 5.41) is 7.35. The number of allylic oxidation sites excluding steroid dienone is 2. The van der Waals surface area contributed by atoms with Crippen molar-refractivity contribution in [1.82, 2.24) is 0 Å². The third kappa shape index (κ3) is 10.4. The van der Waals surface area contributed by atoms with E-state index in [2.05, 4.69) is 50.2 Å². The smallest absolute Gasteiger partial charge is 0.0567 e. The first kappa shape index (κ1) is 37.9. The molecule has 3 heterocycles. The van der Waals surface area contributed by atoms with Gasteiger partial charge in [-0.05, 0) is 74.6 Å². The Bertz CT molecular complexity index is 1020. The molecule has 0 fully saturated rings. The van der Waals surface area contributed by atoms with Gasteiger partial charge in [0.2, 0.25) is 0 Å². The molecule has 2 aliphatic rings. The molecule has 0 spiro atoms. The van der Waals surface area contributed by atoms with E-state index in [1.54, 1.807) is 11.1 Å². The summed E-state index contributed by atoms with van der Waals surface area (Å²) in [5.74, 6) is 0. The molecular weight excluding hydrogens is 634 g/mol. The zero-order valence-corrected chi connectivity index (χ0v) is 31.9. The second-order valence-electron chi connectivity index (χ2n) is 8.56. The van der Waals surface area contributed by atoms with Crippen molar-refractivity contribution in [2.24, 2.45) is 0 Å². The van der Waals surface area contributed by atoms with Gasteiger partial charge in [-0.2, -0.15) is 0 Å². The van der Waals surface area contributed by atoms with Gasteiger partial charge in [-0.15, -0.1) is 11.3 Å². The molecular formula is C28H38Cl2S3Zn2-2. The maximum atomic E-state index is 3.68. The number of rotatable bonds is 12. The minimum atomic E-state index is 0. The number of hydrogen-bond donors (Lipinski definition) is 0. The summed E-state index contributed by atoms with van der Waals surface area (Å²) in [4.78, 5) is 2.97. The van der Waals surface area contributed by atoms with E-state index < -0.39 is 0 Å². The number of thiophene rings is 1. The van der Waals surface area contributed by atoms with Gasteiger partial charge in [0.05, 0.1) is 9.81 Å². The van der Waals surface area contributed by atoms with Crippen molar-refractivity contribution >= 4 is 43.5 Å². The van der Waals surface area contributed by atoms with E-state index >= 15 is 0 Å². The predicted octanol–water partition coefficient (Wildman–Crippen LogP) is 2.73. The Morgan fingerprint density at radius 1 is 0.571 bits per heavy atom. The second kappa shape index (κ2) is 20.7. The molecule has 1 aromatic heterocycles. The number of unbranched alkanes of at least 4 members (excludes halogenated alkanes) is 4. The van der Waals surface area contributed by atoms with Gasteiger partial charge in [0.25, 0.3) is 0 Å². The molecule has 0 amide bonds. The molecule has 35 heavy (non-hydrogen) atoms. The van der Waals surface area contributed by atoms with Gasteiger partial charge in [0.15, 0.2) is 0 Å². The number of halogens is 2. The molecule has 7 heteroatoms. The minimum Gasteiger partial charge on any atom is -1.00 e. The maximum Gasteiger partial charge on any atom is 0.0567 e. The predicted molar refractivity (Wildman–Crippen MR) is 145 cm³/mol. The van der Waals surface area contributed by atoms with Crippen LogP contribution in [0.15, 0.2) is 34.4 Å². The molecule has 0 atom stereocenters. The van der Waals surface area contributed by atoms with E-state index in [1.807, 2.05) is 33.7 Å². The van der Waals surface area contributed by atoms with Gasteiger partial charge < -0.3 is 24.8 Å². The Hall–Kier alpha value is 0.747. The van der Waals surface area contributed by atoms with E-state index in [-0.39, 0.29) is 63.8 Å². The normalized spacial score (nSPS) is 16.8. The molecule has 0 saturated carbocycles. The van der Waals surface area contributed by atoms with Gasteiger partial charge >= 0.3 is 0 Å². The Morgan fingerprint density at radius 2 is 0.914 bits per heavy atom. The molecule has 3 rings (SSSR count). The molecule has 0 aromatic carbocycles. The monoisotopic (exact) mass is 668 g/mol. The van der Waals surface area contributed by atoms with Gasteiger partial charge in [-0.1, -0.05) is 86.1 Å². The van der Waals surface area contributed by atoms with Crippen LogP contribution in [0.1, 0.15) is 105 Å². The molecule has 0 saturated heterocycles. The van der Waals surface area contributed by atoms with Crippen molar-refractivity contribution in [3.63, 3.8) is 0 Å². The van der Waals surface area contributed by atoms with Crippen molar-refractivity contribution in [1.29, 1.82) is 0 Å². The van der Waals surface area contributed by atoms with Crippen LogP contribution in [-0.2, 0) is 39.0 Å². The van der Waals surface area contributed by atoms with Crippen molar-refractivity contribution in [3.05, 3.63) is 43.5 Å². The Kier molecular flexibility index (Phi) is 22.4. The molecule has 0 unspecified atom stereocenters. The van der Waals surface area contributed by atoms with Crippen molar-refractivity contribution in [3.8, 4) is 10.4 Å². The van der Waals surface area contributed by atoms with Crippen LogP contribution in [0.5, 0.6) is 0 Å². The topological polar surface area (TPSA) is 0 Å². The third-order valence-corrected chi connectivity index (χ3v) is 9.42. The van der Waals surface area contributed by atoms with Crippen molar-refractivity contribution < 1.29 is 63.8 Å². The summed E-state index contributed by atoms with van der Waals surface area (Å²) < 4.78 is 2.88. The molecule has 0 radical (unpaired) electrons. The molecule has 2 aliphatic heterocycles. The van der Waals surface area contributed by atoms with Crippen LogP contribution in [0.2, 0.25) is 0 Å². The van der Waals surface area contributed by atoms with Crippen LogP contribution >= 0.6 is 33.7 Å². The number of hydrogen-bond acceptors (Lipinski definition) is 1. The summed E-state index contributed by atoms with van der Waals surface area (Å²) in [6.45, 7) is 9.17. The van der Waals surface area contributed by atoms with E-state index in [4.69, 9.17) is 0 Å². The fraction of sp³-hybridized carbons (Fsp3) is 0.571. The molecule has 1 aromatic rings. The zero-order chi connectivity index (χ0) is 22.1. The van der Waals surface area contributed by atoms with Crippen LogP contribution in [0, 0.1) is 10.4 Å². The first-order valence-electron chi connectivity index (χ1n) is 12.4. The van der Waals surface area contributed by atoms with Crippen molar-refractivity contribution in [2.45, 2.75) is 105 Å². The first-order chi connectivity index (χ1) is 15.2. The van der Waals surface area contributed by atoms with Crippen LogP contribution in [-0.4, -0.2) is 0 Å². The van der Waals surface area contributed by atoms with Crippen LogP contribution < -0.4 is 33.9 Å². The Morgan fingerprint density at radius 3 is 1.26 bits per heavy atom. The summed E-state index contributed by atoms with van der Waals surface area (Å²) in [5.41, 5.74) is 6.14. The quantitative estimate of drug-likeness (QED) is 0.300. The molecule has 0 nitrogen and oxygen atoms in total. The fourth-order valence-corrected chi connectivity index (χ4v) is 7.45. The molecule has 0 bridgehead atoms. The average Bonchev–Trinajstić information content (AvgIpc) is 3.51. The van der Waals surface area contributed by atoms with Gasteiger partial charge in [-0.3, -0.25) is 0 Å². The first-order valence-corrected chi connectivity index (χ1v) is 14.8. The maximum absolute atomic E-state index is 3.68. The Balaban J connectivity index is 0. The van der Waals surface area contributed by atoms with Gasteiger partial charge in [0.1, 0.15) is 0 Å². The summed E-state index contributed by atoms with van der Waals surface area (Å²) in [7, 11) is 0. The molecule has 0 aliphatic carbocycles. The summed E-state index contributed by atoms with van der Waals surface area (Å²) in [6.07, 6.45) is 14.9. The Labute approximate surface area is 263 Å². The van der Waals surface area contributed by atoms with E-state index in [0.29, 0.717) is 0 Å². The molecule has 188 valence electrons. The zero-order valence-electron chi connectivity index (χ0n) is 22.0. The van der Waals surface area contributed by atoms with Gasteiger partial charge in [0, 0.05) is 59.2 Å². The minimum absolute atomic E-state index is 0. The van der Waals surface area contributed by atoms with Crippen LogP contribution in [0.4, 0.5) is 0 Å². The average molecular weight is 672 g/mol. The summed E-state index contributed by atoms with van der Waals surface area (Å²) >= 11 is 5.70. The van der Waals surface area contributed by atoms with Crippen LogP contribution in [0.3, 0.4) is 0 Å². The SMILES string of the molecule is CCCCC1=C(CCCC)C(=c2ccc(=C3S#CC(CCCC)=C3CCCC)s2)S#C1.[Cl-].[Cl-].[Zn].[Zn]. The fourth-order valence-electron chi connectivity index (χ4n) is 4.07. The van der Waals surface area contributed by atoms with Gasteiger partial charge in [-0.25, -0.2) is 0 Å². The molecule has 0 N–H and O–H groups in total. The second-order valence-corrected chi connectivity index (χ2v) is 11.3. The van der Waals surface area contributed by atoms with E-state index in [1.165, 1.54) is 107 Å². The van der Waals surface area contributed by atoms with E-state index in [0.717, 1.165) is 0 Å². The largest absolute Gasteiger partial charge is 1.00 e.